The van der Waals surface area contributed by atoms with Gasteiger partial charge in [0.2, 0.25) is 0 Å². The molecule has 13 heteroatoms. The summed E-state index contributed by atoms with van der Waals surface area (Å²) in [5, 5.41) is 0. The molecule has 2 aromatic rings. The minimum atomic E-state index is -4.37. The number of alkyl halides is 3. The van der Waals surface area contributed by atoms with E-state index < -0.39 is 11.7 Å². The van der Waals surface area contributed by atoms with Gasteiger partial charge in [-0.3, -0.25) is 9.69 Å². The molecule has 0 radical (unpaired) electrons. The van der Waals surface area contributed by atoms with Gasteiger partial charge in [-0.2, -0.15) is 13.2 Å². The van der Waals surface area contributed by atoms with Gasteiger partial charge in [-0.15, -0.1) is 37.2 Å². The van der Waals surface area contributed by atoms with Gasteiger partial charge in [-0.05, 0) is 56.3 Å². The fourth-order valence-corrected chi connectivity index (χ4v) is 5.62. The van der Waals surface area contributed by atoms with E-state index in [0.29, 0.717) is 38.2 Å². The molecule has 220 valence electrons. The summed E-state index contributed by atoms with van der Waals surface area (Å²) in [6.07, 6.45) is -2.51. The predicted octanol–water partition coefficient (Wildman–Crippen LogP) is 5.86. The normalized spacial score (nSPS) is 15.2. The van der Waals surface area contributed by atoms with Crippen molar-refractivity contribution in [1.82, 2.24) is 9.80 Å². The summed E-state index contributed by atoms with van der Waals surface area (Å²) in [5.41, 5.74) is 6.38. The fraction of sp³-hybridized carbons (Fsp3) is 0.500. The van der Waals surface area contributed by atoms with E-state index in [-0.39, 0.29) is 43.2 Å². The molecule has 4 rings (SSSR count). The molecule has 0 bridgehead atoms. The SMILES string of the molecule is Cl.Cl.Cl.NCCCC(=O)OCCN1CCN(CCCN2c3ccccc3Sc3ccc(C(F)(F)F)cc32)CC1. The molecule has 0 unspecified atom stereocenters. The van der Waals surface area contributed by atoms with Crippen LogP contribution in [0.25, 0.3) is 0 Å². The van der Waals surface area contributed by atoms with Crippen molar-refractivity contribution in [3.63, 3.8) is 0 Å². The summed E-state index contributed by atoms with van der Waals surface area (Å²) in [6, 6.07) is 11.9. The molecule has 0 saturated carbocycles. The lowest BCUT2D eigenvalue weighted by Gasteiger charge is -2.36. The Bertz CT molecular complexity index is 1040. The van der Waals surface area contributed by atoms with Crippen LogP contribution in [0.3, 0.4) is 0 Å². The summed E-state index contributed by atoms with van der Waals surface area (Å²) in [5.74, 6) is -0.194. The van der Waals surface area contributed by atoms with E-state index in [1.165, 1.54) is 23.9 Å². The number of halogens is 6. The molecule has 39 heavy (non-hydrogen) atoms. The topological polar surface area (TPSA) is 62.0 Å². The summed E-state index contributed by atoms with van der Waals surface area (Å²) in [4.78, 5) is 20.2. The number of hydrogen-bond acceptors (Lipinski definition) is 7. The number of rotatable bonds is 10. The van der Waals surface area contributed by atoms with Gasteiger partial charge < -0.3 is 20.3 Å². The van der Waals surface area contributed by atoms with Crippen molar-refractivity contribution in [2.24, 2.45) is 5.73 Å². The first kappa shape index (κ1) is 35.6. The van der Waals surface area contributed by atoms with E-state index in [1.54, 1.807) is 6.07 Å². The second-order valence-electron chi connectivity index (χ2n) is 9.05. The lowest BCUT2D eigenvalue weighted by molar-refractivity contribution is -0.144. The van der Waals surface area contributed by atoms with Crippen LogP contribution >= 0.6 is 49.0 Å². The number of piperazine rings is 1. The van der Waals surface area contributed by atoms with Gasteiger partial charge in [0.05, 0.1) is 16.9 Å². The monoisotopic (exact) mass is 630 g/mol. The van der Waals surface area contributed by atoms with Crippen LogP contribution in [0.4, 0.5) is 24.5 Å². The number of esters is 1. The van der Waals surface area contributed by atoms with Gasteiger partial charge in [0.1, 0.15) is 6.61 Å². The van der Waals surface area contributed by atoms with Crippen molar-refractivity contribution in [1.29, 1.82) is 0 Å². The zero-order chi connectivity index (χ0) is 25.5. The minimum Gasteiger partial charge on any atom is -0.464 e. The Morgan fingerprint density at radius 1 is 0.872 bits per heavy atom. The van der Waals surface area contributed by atoms with Crippen molar-refractivity contribution < 1.29 is 22.7 Å². The zero-order valence-electron chi connectivity index (χ0n) is 21.5. The largest absolute Gasteiger partial charge is 0.464 e. The average Bonchev–Trinajstić information content (AvgIpc) is 2.87. The number of fused-ring (bicyclic) bond motifs is 2. The van der Waals surface area contributed by atoms with Gasteiger partial charge in [0.25, 0.3) is 0 Å². The third kappa shape index (κ3) is 9.88. The maximum Gasteiger partial charge on any atom is 0.416 e. The molecule has 2 heterocycles. The highest BCUT2D eigenvalue weighted by Crippen LogP contribution is 2.49. The molecular weight excluding hydrogens is 596 g/mol. The van der Waals surface area contributed by atoms with Crippen molar-refractivity contribution in [3.8, 4) is 0 Å². The maximum absolute atomic E-state index is 13.4. The fourth-order valence-electron chi connectivity index (χ4n) is 4.54. The Hall–Kier alpha value is -1.40. The molecule has 0 aliphatic carbocycles. The standard InChI is InChI=1S/C26H33F3N4O2S.3ClH/c27-26(28,29)20-8-9-24-22(19-20)33(21-5-1-2-6-23(21)36-24)12-4-11-31-13-15-32(16-14-31)17-18-35-25(34)7-3-10-30;;;/h1-2,5-6,8-9,19H,3-4,7,10-18,30H2;3*1H. The van der Waals surface area contributed by atoms with Gasteiger partial charge in [0.15, 0.2) is 0 Å². The van der Waals surface area contributed by atoms with Crippen LogP contribution in [0, 0.1) is 0 Å². The van der Waals surface area contributed by atoms with Gasteiger partial charge in [0, 0.05) is 55.5 Å². The highest BCUT2D eigenvalue weighted by atomic mass is 35.5. The van der Waals surface area contributed by atoms with Gasteiger partial charge in [-0.1, -0.05) is 23.9 Å². The number of carbonyl (C=O) groups excluding carboxylic acids is 1. The van der Waals surface area contributed by atoms with Crippen LogP contribution in [0.5, 0.6) is 0 Å². The van der Waals surface area contributed by atoms with E-state index in [1.807, 2.05) is 29.2 Å². The van der Waals surface area contributed by atoms with Gasteiger partial charge in [-0.25, -0.2) is 0 Å². The number of nitrogens with zero attached hydrogens (tertiary/aromatic N) is 3. The molecule has 1 saturated heterocycles. The number of benzene rings is 2. The average molecular weight is 632 g/mol. The summed E-state index contributed by atoms with van der Waals surface area (Å²) in [7, 11) is 0. The first-order chi connectivity index (χ1) is 17.3. The van der Waals surface area contributed by atoms with E-state index in [4.69, 9.17) is 10.5 Å². The Morgan fingerprint density at radius 2 is 1.51 bits per heavy atom. The van der Waals surface area contributed by atoms with Gasteiger partial charge >= 0.3 is 12.1 Å². The number of hydrogen-bond donors (Lipinski definition) is 1. The lowest BCUT2D eigenvalue weighted by atomic mass is 10.1. The Labute approximate surface area is 251 Å². The molecule has 2 N–H and O–H groups in total. The zero-order valence-corrected chi connectivity index (χ0v) is 24.8. The van der Waals surface area contributed by atoms with Crippen LogP contribution in [0.1, 0.15) is 24.8 Å². The molecule has 0 spiro atoms. The van der Waals surface area contributed by atoms with Crippen LogP contribution in [-0.4, -0.2) is 74.7 Å². The number of para-hydroxylation sites is 1. The molecular formula is C26H36Cl3F3N4O2S. The molecule has 0 aromatic heterocycles. The molecule has 6 nitrogen and oxygen atoms in total. The van der Waals surface area contributed by atoms with E-state index in [9.17, 15) is 18.0 Å². The lowest BCUT2D eigenvalue weighted by Crippen LogP contribution is -2.47. The molecule has 0 amide bonds. The van der Waals surface area contributed by atoms with E-state index >= 15 is 0 Å². The van der Waals surface area contributed by atoms with Crippen LogP contribution in [-0.2, 0) is 15.7 Å². The smallest absolute Gasteiger partial charge is 0.416 e. The predicted molar refractivity (Wildman–Crippen MR) is 158 cm³/mol. The highest BCUT2D eigenvalue weighted by Gasteiger charge is 2.33. The van der Waals surface area contributed by atoms with Crippen LogP contribution < -0.4 is 10.6 Å². The second-order valence-corrected chi connectivity index (χ2v) is 10.1. The second kappa shape index (κ2) is 16.8. The minimum absolute atomic E-state index is 0. The maximum atomic E-state index is 13.4. The number of carbonyl (C=O) groups is 1. The van der Waals surface area contributed by atoms with Crippen molar-refractivity contribution in [3.05, 3.63) is 48.0 Å². The molecule has 2 aliphatic rings. The number of nitrogens with two attached hydrogens (primary N) is 1. The van der Waals surface area contributed by atoms with E-state index in [0.717, 1.165) is 61.2 Å². The number of anilines is 2. The third-order valence-electron chi connectivity index (χ3n) is 6.53. The van der Waals surface area contributed by atoms with Crippen LogP contribution in [0.2, 0.25) is 0 Å². The Balaban J connectivity index is 0.00000253. The highest BCUT2D eigenvalue weighted by molar-refractivity contribution is 7.99. The summed E-state index contributed by atoms with van der Waals surface area (Å²) >= 11 is 1.52. The van der Waals surface area contributed by atoms with Crippen molar-refractivity contribution in [2.75, 3.05) is 63.9 Å². The van der Waals surface area contributed by atoms with Crippen LogP contribution in [0.15, 0.2) is 52.3 Å². The molecule has 1 fully saturated rings. The van der Waals surface area contributed by atoms with E-state index in [2.05, 4.69) is 9.80 Å². The summed E-state index contributed by atoms with van der Waals surface area (Å²) in [6.45, 7) is 6.78. The number of ether oxygens (including phenoxy) is 1. The van der Waals surface area contributed by atoms with Crippen molar-refractivity contribution >= 4 is 66.3 Å². The molecule has 2 aromatic carbocycles. The molecule has 0 atom stereocenters. The first-order valence-electron chi connectivity index (χ1n) is 12.4. The molecule has 2 aliphatic heterocycles. The third-order valence-corrected chi connectivity index (χ3v) is 7.66. The first-order valence-corrected chi connectivity index (χ1v) is 13.2. The Morgan fingerprint density at radius 3 is 2.18 bits per heavy atom. The summed E-state index contributed by atoms with van der Waals surface area (Å²) < 4.78 is 45.5. The quantitative estimate of drug-likeness (QED) is 0.330. The van der Waals surface area contributed by atoms with Crippen molar-refractivity contribution in [2.45, 2.75) is 35.2 Å². The Kier molecular flexibility index (Phi) is 15.3.